The molecule has 0 aromatic carbocycles. The minimum absolute atomic E-state index is 0.00981. The maximum absolute atomic E-state index is 13.6. The second-order valence-electron chi connectivity index (χ2n) is 3.13. The molecular weight excluding hydrogens is 221 g/mol. The van der Waals surface area contributed by atoms with Crippen LogP contribution in [0.25, 0.3) is 0 Å². The molecule has 5 heteroatoms. The molecule has 0 amide bonds. The number of alkyl halides is 1. The van der Waals surface area contributed by atoms with E-state index in [1.807, 2.05) is 0 Å². The third kappa shape index (κ3) is 2.21. The van der Waals surface area contributed by atoms with Gasteiger partial charge < -0.3 is 0 Å². The van der Waals surface area contributed by atoms with Gasteiger partial charge >= 0.3 is 0 Å². The minimum atomic E-state index is -0.758. The van der Waals surface area contributed by atoms with E-state index in [2.05, 4.69) is 5.18 Å². The molecule has 0 heterocycles. The number of carbonyl (C=O) groups is 1. The molecule has 1 aliphatic rings. The summed E-state index contributed by atoms with van der Waals surface area (Å²) in [4.78, 5) is 21.1. The number of carbonyl (C=O) groups excluding carboxylic acids is 1. The minimum Gasteiger partial charge on any atom is -0.298 e. The number of aldehydes is 1. The van der Waals surface area contributed by atoms with Gasteiger partial charge in [-0.2, -0.15) is 0 Å². The molecule has 0 aromatic heterocycles. The van der Waals surface area contributed by atoms with E-state index in [9.17, 15) is 14.1 Å². The quantitative estimate of drug-likeness (QED) is 0.424. The molecule has 0 saturated heterocycles. The zero-order valence-electron chi connectivity index (χ0n) is 8.09. The maximum Gasteiger partial charge on any atom is 0.152 e. The van der Waals surface area contributed by atoms with Gasteiger partial charge in [0, 0.05) is 11.1 Å². The predicted molar refractivity (Wildman–Crippen MR) is 56.1 cm³/mol. The van der Waals surface area contributed by atoms with E-state index in [1.165, 1.54) is 6.08 Å². The summed E-state index contributed by atoms with van der Waals surface area (Å²) in [7, 11) is 0. The van der Waals surface area contributed by atoms with Gasteiger partial charge in [-0.3, -0.25) is 4.79 Å². The second kappa shape index (κ2) is 4.98. The van der Waals surface area contributed by atoms with E-state index >= 15 is 0 Å². The summed E-state index contributed by atoms with van der Waals surface area (Å²) >= 11 is 5.53. The molecule has 0 atom stereocenters. The van der Waals surface area contributed by atoms with Crippen LogP contribution in [0.15, 0.2) is 39.5 Å². The Morgan fingerprint density at radius 2 is 2.33 bits per heavy atom. The molecule has 80 valence electrons. The summed E-state index contributed by atoms with van der Waals surface area (Å²) in [6.07, 6.45) is 2.15. The van der Waals surface area contributed by atoms with Crippen LogP contribution < -0.4 is 0 Å². The maximum atomic E-state index is 13.6. The molecule has 0 spiro atoms. The van der Waals surface area contributed by atoms with Crippen molar-refractivity contribution < 1.29 is 9.18 Å². The Hall–Kier alpha value is -1.29. The molecular formula is C10H9ClFNO2. The molecule has 1 aliphatic carbocycles. The smallest absolute Gasteiger partial charge is 0.152 e. The van der Waals surface area contributed by atoms with E-state index < -0.39 is 5.83 Å². The van der Waals surface area contributed by atoms with Gasteiger partial charge in [0.05, 0.1) is 5.88 Å². The number of nitroso groups, excluding NO2 is 1. The third-order valence-electron chi connectivity index (χ3n) is 2.19. The van der Waals surface area contributed by atoms with E-state index in [-0.39, 0.29) is 22.7 Å². The van der Waals surface area contributed by atoms with Crippen LogP contribution in [-0.4, -0.2) is 12.2 Å². The fraction of sp³-hybridized carbons (Fsp3) is 0.300. The lowest BCUT2D eigenvalue weighted by Gasteiger charge is -2.04. The van der Waals surface area contributed by atoms with Crippen molar-refractivity contribution in [2.24, 2.45) is 5.18 Å². The Kier molecular flexibility index (Phi) is 3.91. The summed E-state index contributed by atoms with van der Waals surface area (Å²) in [6, 6.07) is 0. The van der Waals surface area contributed by atoms with Crippen LogP contribution in [0.2, 0.25) is 0 Å². The highest BCUT2D eigenvalue weighted by atomic mass is 35.5. The third-order valence-corrected chi connectivity index (χ3v) is 2.46. The Morgan fingerprint density at radius 1 is 1.67 bits per heavy atom. The Labute approximate surface area is 91.3 Å². The summed E-state index contributed by atoms with van der Waals surface area (Å²) in [6.45, 7) is 1.65. The van der Waals surface area contributed by atoms with Crippen molar-refractivity contribution >= 4 is 17.9 Å². The lowest BCUT2D eigenvalue weighted by atomic mass is 10.1. The average molecular weight is 230 g/mol. The van der Waals surface area contributed by atoms with Crippen LogP contribution in [0.5, 0.6) is 0 Å². The Morgan fingerprint density at radius 3 is 2.80 bits per heavy atom. The highest BCUT2D eigenvalue weighted by Gasteiger charge is 2.20. The van der Waals surface area contributed by atoms with Crippen molar-refractivity contribution in [1.82, 2.24) is 0 Å². The fourth-order valence-electron chi connectivity index (χ4n) is 1.34. The number of hydrogen-bond donors (Lipinski definition) is 0. The second-order valence-corrected chi connectivity index (χ2v) is 3.40. The van der Waals surface area contributed by atoms with Gasteiger partial charge in [-0.05, 0) is 24.1 Å². The number of hydrogen-bond acceptors (Lipinski definition) is 3. The molecule has 15 heavy (non-hydrogen) atoms. The number of nitrogens with zero attached hydrogens (tertiary/aromatic N) is 1. The molecule has 0 fully saturated rings. The number of allylic oxidation sites excluding steroid dienone is 5. The van der Waals surface area contributed by atoms with Gasteiger partial charge in [-0.15, -0.1) is 16.5 Å². The van der Waals surface area contributed by atoms with Crippen molar-refractivity contribution in [1.29, 1.82) is 0 Å². The molecule has 0 saturated carbocycles. The fourth-order valence-corrected chi connectivity index (χ4v) is 1.58. The largest absolute Gasteiger partial charge is 0.298 e. The van der Waals surface area contributed by atoms with Crippen LogP contribution >= 0.6 is 11.6 Å². The first-order valence-corrected chi connectivity index (χ1v) is 4.83. The highest BCUT2D eigenvalue weighted by Crippen LogP contribution is 2.30. The van der Waals surface area contributed by atoms with Crippen molar-refractivity contribution in [3.05, 3.63) is 39.2 Å². The van der Waals surface area contributed by atoms with Crippen molar-refractivity contribution in [2.45, 2.75) is 13.3 Å². The van der Waals surface area contributed by atoms with Crippen LogP contribution in [0.1, 0.15) is 13.3 Å². The summed E-state index contributed by atoms with van der Waals surface area (Å²) in [5.74, 6) is -0.943. The Bertz CT molecular complexity index is 396. The van der Waals surface area contributed by atoms with Crippen molar-refractivity contribution in [2.75, 3.05) is 5.88 Å². The summed E-state index contributed by atoms with van der Waals surface area (Å²) in [5.41, 5.74) is 0.520. The number of halogens is 2. The first-order valence-electron chi connectivity index (χ1n) is 4.29. The van der Waals surface area contributed by atoms with Gasteiger partial charge in [0.2, 0.25) is 0 Å². The summed E-state index contributed by atoms with van der Waals surface area (Å²) < 4.78 is 13.6. The molecule has 0 aromatic rings. The van der Waals surface area contributed by atoms with Crippen LogP contribution in [0, 0.1) is 4.91 Å². The first-order chi connectivity index (χ1) is 7.15. The van der Waals surface area contributed by atoms with Gasteiger partial charge in [0.25, 0.3) is 0 Å². The first kappa shape index (κ1) is 11.8. The van der Waals surface area contributed by atoms with Crippen molar-refractivity contribution in [3.8, 4) is 0 Å². The SMILES string of the molecule is CC1=C(N=O)C(CCl)=C(F)C(C=O)=CC1. The molecule has 1 rings (SSSR count). The van der Waals surface area contributed by atoms with Crippen molar-refractivity contribution in [3.63, 3.8) is 0 Å². The molecule has 0 unspecified atom stereocenters. The lowest BCUT2D eigenvalue weighted by Crippen LogP contribution is -1.96. The van der Waals surface area contributed by atoms with Crippen LogP contribution in [0.4, 0.5) is 4.39 Å². The average Bonchev–Trinajstić information content (AvgIpc) is 2.36. The van der Waals surface area contributed by atoms with Gasteiger partial charge in [0.1, 0.15) is 11.5 Å². The zero-order valence-corrected chi connectivity index (χ0v) is 8.84. The highest BCUT2D eigenvalue weighted by molar-refractivity contribution is 6.20. The van der Waals surface area contributed by atoms with Crippen LogP contribution in [0.3, 0.4) is 0 Å². The van der Waals surface area contributed by atoms with Gasteiger partial charge in [-0.1, -0.05) is 6.08 Å². The topological polar surface area (TPSA) is 46.5 Å². The van der Waals surface area contributed by atoms with Gasteiger partial charge in [-0.25, -0.2) is 4.39 Å². The molecule has 0 N–H and O–H groups in total. The van der Waals surface area contributed by atoms with E-state index in [0.717, 1.165) is 0 Å². The normalized spacial score (nSPS) is 17.4. The van der Waals surface area contributed by atoms with E-state index in [0.29, 0.717) is 18.3 Å². The molecule has 3 nitrogen and oxygen atoms in total. The van der Waals surface area contributed by atoms with E-state index in [1.54, 1.807) is 6.92 Å². The monoisotopic (exact) mass is 229 g/mol. The Balaban J connectivity index is 3.38. The predicted octanol–water partition coefficient (Wildman–Crippen LogP) is 3.02. The molecule has 0 radical (unpaired) electrons. The molecule has 0 aliphatic heterocycles. The number of rotatable bonds is 3. The summed E-state index contributed by atoms with van der Waals surface area (Å²) in [5, 5.41) is 2.76. The van der Waals surface area contributed by atoms with Crippen LogP contribution in [-0.2, 0) is 4.79 Å². The standard InChI is InChI=1S/C10H9ClFNO2/c1-6-2-3-7(5-14)9(12)8(4-11)10(6)13-15/h3,5H,2,4H2,1H3. The van der Waals surface area contributed by atoms with E-state index in [4.69, 9.17) is 11.6 Å². The van der Waals surface area contributed by atoms with Gasteiger partial charge in [0.15, 0.2) is 6.29 Å². The lowest BCUT2D eigenvalue weighted by molar-refractivity contribution is -0.104. The molecule has 0 bridgehead atoms. The zero-order chi connectivity index (χ0) is 11.4.